The van der Waals surface area contributed by atoms with Crippen LogP contribution in [0.5, 0.6) is 0 Å². The van der Waals surface area contributed by atoms with Crippen molar-refractivity contribution in [2.24, 2.45) is 0 Å². The van der Waals surface area contributed by atoms with Crippen molar-refractivity contribution in [1.82, 2.24) is 4.72 Å². The third-order valence-electron chi connectivity index (χ3n) is 1.45. The summed E-state index contributed by atoms with van der Waals surface area (Å²) < 4.78 is 25.2. The highest BCUT2D eigenvalue weighted by Crippen LogP contribution is 2.18. The lowest BCUT2D eigenvalue weighted by molar-refractivity contribution is 0.601. The number of hydrogen-bond donors (Lipinski definition) is 1. The number of nitrogens with one attached hydrogen (secondary N) is 1. The van der Waals surface area contributed by atoms with E-state index in [1.54, 1.807) is 25.2 Å². The van der Waals surface area contributed by atoms with E-state index >= 15 is 0 Å². The SMILES string of the molecule is CNSc1cccc(S(C)(=O)=O)c1. The van der Waals surface area contributed by atoms with Crippen LogP contribution in [0.1, 0.15) is 0 Å². The van der Waals surface area contributed by atoms with Gasteiger partial charge in [-0.05, 0) is 37.2 Å². The maximum Gasteiger partial charge on any atom is 0.175 e. The van der Waals surface area contributed by atoms with Crippen LogP contribution in [0.3, 0.4) is 0 Å². The molecule has 1 aromatic carbocycles. The fraction of sp³-hybridized carbons (Fsp3) is 0.250. The van der Waals surface area contributed by atoms with E-state index in [1.165, 1.54) is 18.2 Å². The molecule has 1 aromatic rings. The molecule has 0 fully saturated rings. The fourth-order valence-electron chi connectivity index (χ4n) is 0.886. The molecular weight excluding hydrogens is 206 g/mol. The Morgan fingerprint density at radius 3 is 2.62 bits per heavy atom. The molecule has 72 valence electrons. The Bertz CT molecular complexity index is 387. The van der Waals surface area contributed by atoms with Crippen molar-refractivity contribution in [1.29, 1.82) is 0 Å². The first-order valence-electron chi connectivity index (χ1n) is 3.68. The quantitative estimate of drug-likeness (QED) is 0.776. The van der Waals surface area contributed by atoms with Crippen LogP contribution in [0.15, 0.2) is 34.1 Å². The van der Waals surface area contributed by atoms with Crippen molar-refractivity contribution >= 4 is 21.8 Å². The van der Waals surface area contributed by atoms with Crippen molar-refractivity contribution in [3.63, 3.8) is 0 Å². The van der Waals surface area contributed by atoms with Gasteiger partial charge in [-0.2, -0.15) is 0 Å². The van der Waals surface area contributed by atoms with Gasteiger partial charge in [0.2, 0.25) is 0 Å². The molecule has 0 unspecified atom stereocenters. The van der Waals surface area contributed by atoms with E-state index in [0.29, 0.717) is 4.90 Å². The lowest BCUT2D eigenvalue weighted by atomic mass is 10.4. The van der Waals surface area contributed by atoms with E-state index < -0.39 is 9.84 Å². The topological polar surface area (TPSA) is 46.2 Å². The van der Waals surface area contributed by atoms with E-state index in [2.05, 4.69) is 4.72 Å². The van der Waals surface area contributed by atoms with Crippen LogP contribution in [0, 0.1) is 0 Å². The Balaban J connectivity index is 3.06. The smallest absolute Gasteiger partial charge is 0.175 e. The molecule has 0 aliphatic heterocycles. The summed E-state index contributed by atoms with van der Waals surface area (Å²) in [6, 6.07) is 6.83. The summed E-state index contributed by atoms with van der Waals surface area (Å²) in [6.45, 7) is 0. The van der Waals surface area contributed by atoms with Gasteiger partial charge in [0.1, 0.15) is 0 Å². The summed E-state index contributed by atoms with van der Waals surface area (Å²) in [5, 5.41) is 0. The molecule has 3 nitrogen and oxygen atoms in total. The maximum atomic E-state index is 11.2. The predicted molar refractivity (Wildman–Crippen MR) is 54.5 cm³/mol. The lowest BCUT2D eigenvalue weighted by Gasteiger charge is -2.01. The lowest BCUT2D eigenvalue weighted by Crippen LogP contribution is -1.97. The summed E-state index contributed by atoms with van der Waals surface area (Å²) >= 11 is 1.39. The molecule has 13 heavy (non-hydrogen) atoms. The Hall–Kier alpha value is -0.520. The fourth-order valence-corrected chi connectivity index (χ4v) is 2.20. The van der Waals surface area contributed by atoms with E-state index in [-0.39, 0.29) is 0 Å². The molecule has 0 bridgehead atoms. The maximum absolute atomic E-state index is 11.2. The highest BCUT2D eigenvalue weighted by molar-refractivity contribution is 7.97. The number of benzene rings is 1. The molecule has 0 amide bonds. The van der Waals surface area contributed by atoms with Crippen molar-refractivity contribution in [3.05, 3.63) is 24.3 Å². The van der Waals surface area contributed by atoms with Crippen molar-refractivity contribution in [3.8, 4) is 0 Å². The Morgan fingerprint density at radius 2 is 2.08 bits per heavy atom. The van der Waals surface area contributed by atoms with Gasteiger partial charge in [-0.1, -0.05) is 6.07 Å². The van der Waals surface area contributed by atoms with Gasteiger partial charge in [0.25, 0.3) is 0 Å². The minimum Gasteiger partial charge on any atom is -0.263 e. The molecule has 1 N–H and O–H groups in total. The van der Waals surface area contributed by atoms with Crippen molar-refractivity contribution in [2.45, 2.75) is 9.79 Å². The molecule has 0 radical (unpaired) electrons. The molecule has 0 aliphatic rings. The van der Waals surface area contributed by atoms with Gasteiger partial charge in [0.15, 0.2) is 9.84 Å². The molecular formula is C8H11NO2S2. The number of rotatable bonds is 3. The van der Waals surface area contributed by atoms with Crippen molar-refractivity contribution in [2.75, 3.05) is 13.3 Å². The van der Waals surface area contributed by atoms with Gasteiger partial charge in [0.05, 0.1) is 4.90 Å². The van der Waals surface area contributed by atoms with Crippen LogP contribution in [0.4, 0.5) is 0 Å². The zero-order valence-electron chi connectivity index (χ0n) is 7.44. The predicted octanol–water partition coefficient (Wildman–Crippen LogP) is 1.32. The second kappa shape index (κ2) is 4.13. The van der Waals surface area contributed by atoms with Crippen LogP contribution in [-0.2, 0) is 9.84 Å². The second-order valence-electron chi connectivity index (χ2n) is 2.55. The van der Waals surface area contributed by atoms with E-state index in [9.17, 15) is 8.42 Å². The molecule has 0 aromatic heterocycles. The Kier molecular flexibility index (Phi) is 3.35. The third-order valence-corrected chi connectivity index (χ3v) is 3.26. The minimum atomic E-state index is -3.08. The number of sulfone groups is 1. The van der Waals surface area contributed by atoms with Gasteiger partial charge in [0, 0.05) is 11.2 Å². The van der Waals surface area contributed by atoms with Crippen LogP contribution < -0.4 is 4.72 Å². The standard InChI is InChI=1S/C8H11NO2S2/c1-9-12-7-4-3-5-8(6-7)13(2,10)11/h3-6,9H,1-2H3. The summed E-state index contributed by atoms with van der Waals surface area (Å²) in [4.78, 5) is 1.25. The van der Waals surface area contributed by atoms with Gasteiger partial charge in [-0.15, -0.1) is 0 Å². The zero-order chi connectivity index (χ0) is 9.90. The summed E-state index contributed by atoms with van der Waals surface area (Å²) in [7, 11) is -1.30. The molecule has 5 heteroatoms. The first-order valence-corrected chi connectivity index (χ1v) is 6.38. The molecule has 0 saturated carbocycles. The van der Waals surface area contributed by atoms with E-state index in [0.717, 1.165) is 4.90 Å². The first kappa shape index (κ1) is 10.6. The summed E-state index contributed by atoms with van der Waals surface area (Å²) in [5.41, 5.74) is 0. The van der Waals surface area contributed by atoms with Crippen molar-refractivity contribution < 1.29 is 8.42 Å². The van der Waals surface area contributed by atoms with Crippen LogP contribution >= 0.6 is 11.9 Å². The first-order chi connectivity index (χ1) is 6.04. The van der Waals surface area contributed by atoms with Crippen LogP contribution in [0.25, 0.3) is 0 Å². The summed E-state index contributed by atoms with van der Waals surface area (Å²) in [5.74, 6) is 0. The van der Waals surface area contributed by atoms with Crippen LogP contribution in [-0.4, -0.2) is 21.7 Å². The highest BCUT2D eigenvalue weighted by Gasteiger charge is 2.06. The average Bonchev–Trinajstić information content (AvgIpc) is 2.04. The van der Waals surface area contributed by atoms with Gasteiger partial charge >= 0.3 is 0 Å². The van der Waals surface area contributed by atoms with Gasteiger partial charge in [-0.25, -0.2) is 8.42 Å². The zero-order valence-corrected chi connectivity index (χ0v) is 9.08. The van der Waals surface area contributed by atoms with E-state index in [1.807, 2.05) is 6.07 Å². The minimum absolute atomic E-state index is 0.354. The normalized spacial score (nSPS) is 11.5. The molecule has 0 saturated heterocycles. The average molecular weight is 217 g/mol. The van der Waals surface area contributed by atoms with Crippen LogP contribution in [0.2, 0.25) is 0 Å². The highest BCUT2D eigenvalue weighted by atomic mass is 32.2. The van der Waals surface area contributed by atoms with Gasteiger partial charge in [-0.3, -0.25) is 4.72 Å². The molecule has 0 aliphatic carbocycles. The molecule has 0 heterocycles. The molecule has 1 rings (SSSR count). The molecule has 0 spiro atoms. The van der Waals surface area contributed by atoms with Gasteiger partial charge < -0.3 is 0 Å². The number of hydrogen-bond acceptors (Lipinski definition) is 4. The summed E-state index contributed by atoms with van der Waals surface area (Å²) in [6.07, 6.45) is 1.20. The Labute approximate surface area is 82.6 Å². The molecule has 0 atom stereocenters. The third kappa shape index (κ3) is 3.02. The second-order valence-corrected chi connectivity index (χ2v) is 5.65. The van der Waals surface area contributed by atoms with E-state index in [4.69, 9.17) is 0 Å². The Morgan fingerprint density at radius 1 is 1.38 bits per heavy atom. The monoisotopic (exact) mass is 217 g/mol. The largest absolute Gasteiger partial charge is 0.263 e.